The van der Waals surface area contributed by atoms with Crippen molar-refractivity contribution in [2.24, 2.45) is 11.8 Å². The fraction of sp³-hybridized carbons (Fsp3) is 0.413. The third-order valence-corrected chi connectivity index (χ3v) is 10.8. The van der Waals surface area contributed by atoms with Crippen LogP contribution in [-0.2, 0) is 24.9 Å². The third kappa shape index (κ3) is 8.63. The molecule has 2 aromatic heterocycles. The Morgan fingerprint density at radius 2 is 1.45 bits per heavy atom. The molecule has 5 nitrogen and oxygen atoms in total. The van der Waals surface area contributed by atoms with Gasteiger partial charge in [-0.2, -0.15) is 0 Å². The molecule has 1 N–H and O–H groups in total. The number of nitrogens with zero attached hydrogens (tertiary/aromatic N) is 3. The molecule has 281 valence electrons. The molecule has 0 amide bonds. The fourth-order valence-corrected chi connectivity index (χ4v) is 7.99. The van der Waals surface area contributed by atoms with Gasteiger partial charge < -0.3 is 9.67 Å². The van der Waals surface area contributed by atoms with Crippen LogP contribution in [0.25, 0.3) is 28.1 Å². The monoisotopic (exact) mass is 887 g/mol. The summed E-state index contributed by atoms with van der Waals surface area (Å²) in [5, 5.41) is 9.76. The first-order valence-electron chi connectivity index (χ1n) is 19.4. The van der Waals surface area contributed by atoms with Gasteiger partial charge in [0.2, 0.25) is 6.71 Å². The zero-order chi connectivity index (χ0) is 37.9. The number of imidazole rings is 1. The van der Waals surface area contributed by atoms with Crippen molar-refractivity contribution in [3.63, 3.8) is 0 Å². The van der Waals surface area contributed by atoms with Gasteiger partial charge in [-0.25, -0.2) is 0 Å². The van der Waals surface area contributed by atoms with Crippen LogP contribution in [-0.4, -0.2) is 32.1 Å². The Morgan fingerprint density at radius 3 is 2.02 bits per heavy atom. The van der Waals surface area contributed by atoms with Crippen molar-refractivity contribution in [2.75, 3.05) is 0 Å². The number of allylic oxidation sites excluding steroid dienone is 2. The number of hydrogen-bond acceptors (Lipinski definition) is 4. The van der Waals surface area contributed by atoms with Crippen molar-refractivity contribution in [1.29, 1.82) is 0 Å². The van der Waals surface area contributed by atoms with Crippen molar-refractivity contribution in [1.82, 2.24) is 14.5 Å². The number of para-hydroxylation sites is 1. The number of ketones is 1. The number of aliphatic hydroxyl groups excluding tert-OH is 1. The van der Waals surface area contributed by atoms with Gasteiger partial charge in [0.05, 0.1) is 22.6 Å². The van der Waals surface area contributed by atoms with E-state index in [0.29, 0.717) is 11.8 Å². The molecular weight excluding hydrogens is 830 g/mol. The third-order valence-electron chi connectivity index (χ3n) is 10.8. The van der Waals surface area contributed by atoms with Crippen LogP contribution in [0.3, 0.4) is 0 Å². The van der Waals surface area contributed by atoms with Crippen LogP contribution in [0.4, 0.5) is 0 Å². The number of fused-ring (bicyclic) bond motifs is 2. The number of aliphatic hydroxyl groups is 1. The molecule has 1 radical (unpaired) electrons. The van der Waals surface area contributed by atoms with Crippen LogP contribution < -0.4 is 16.4 Å². The largest absolute Gasteiger partial charge is 0.512 e. The molecule has 1 aliphatic rings. The van der Waals surface area contributed by atoms with Gasteiger partial charge in [0.1, 0.15) is 0 Å². The maximum Gasteiger partial charge on any atom is 0.249 e. The molecule has 0 bridgehead atoms. The van der Waals surface area contributed by atoms with Crippen LogP contribution in [0, 0.1) is 38.7 Å². The zero-order valence-electron chi connectivity index (χ0n) is 33.6. The van der Waals surface area contributed by atoms with Gasteiger partial charge >= 0.3 is 0 Å². The minimum atomic E-state index is 0. The molecule has 0 saturated carbocycles. The van der Waals surface area contributed by atoms with Gasteiger partial charge in [-0.3, -0.25) is 14.8 Å². The van der Waals surface area contributed by atoms with Gasteiger partial charge in [-0.15, -0.1) is 34.9 Å². The van der Waals surface area contributed by atoms with Gasteiger partial charge in [0.25, 0.3) is 0 Å². The van der Waals surface area contributed by atoms with E-state index in [4.69, 9.17) is 9.97 Å². The average molecular weight is 887 g/mol. The van der Waals surface area contributed by atoms with Gasteiger partial charge in [0, 0.05) is 55.6 Å². The van der Waals surface area contributed by atoms with Crippen LogP contribution >= 0.6 is 0 Å². The molecular formula is C46H57BIrN3O2-. The van der Waals surface area contributed by atoms with Crippen molar-refractivity contribution < 1.29 is 30.0 Å². The minimum absolute atomic E-state index is 0. The van der Waals surface area contributed by atoms with E-state index < -0.39 is 0 Å². The minimum Gasteiger partial charge on any atom is -0.512 e. The van der Waals surface area contributed by atoms with E-state index in [-0.39, 0.29) is 50.2 Å². The maximum absolute atomic E-state index is 11.7. The van der Waals surface area contributed by atoms with Gasteiger partial charge in [-0.1, -0.05) is 105 Å². The second kappa shape index (κ2) is 18.0. The van der Waals surface area contributed by atoms with Gasteiger partial charge in [0.15, 0.2) is 5.78 Å². The quantitative estimate of drug-likeness (QED) is 0.0610. The fourth-order valence-electron chi connectivity index (χ4n) is 7.99. The smallest absolute Gasteiger partial charge is 0.249 e. The molecule has 3 heterocycles. The molecule has 0 atom stereocenters. The number of aryl methyl sites for hydroxylation is 3. The average Bonchev–Trinajstić information content (AvgIpc) is 3.50. The van der Waals surface area contributed by atoms with Crippen molar-refractivity contribution in [2.45, 2.75) is 114 Å². The first kappa shape index (κ1) is 42.0. The van der Waals surface area contributed by atoms with E-state index in [0.717, 1.165) is 53.8 Å². The summed E-state index contributed by atoms with van der Waals surface area (Å²) in [6, 6.07) is 23.6. The summed E-state index contributed by atoms with van der Waals surface area (Å²) in [4.78, 5) is 21.8. The Hall–Kier alpha value is -3.80. The van der Waals surface area contributed by atoms with Crippen molar-refractivity contribution in [3.05, 3.63) is 107 Å². The molecule has 1 aliphatic heterocycles. The van der Waals surface area contributed by atoms with Crippen LogP contribution in [0.2, 0.25) is 0 Å². The maximum atomic E-state index is 11.7. The second-order valence-corrected chi connectivity index (χ2v) is 15.2. The van der Waals surface area contributed by atoms with Crippen molar-refractivity contribution in [3.8, 4) is 17.1 Å². The number of rotatable bonds is 11. The number of aromatic nitrogens is 3. The summed E-state index contributed by atoms with van der Waals surface area (Å²) in [5.74, 6) is 2.33. The Morgan fingerprint density at radius 1 is 0.849 bits per heavy atom. The second-order valence-electron chi connectivity index (χ2n) is 15.2. The number of pyridine rings is 1. The standard InChI is InChI=1S/C33H33BN3.C13H24O2.Ir/c1-19(2)25-10-8-11-26(20(3)4)31(25)34-27-12-9-13-29-32(27)37(30-17-23(7)35-18-28(30)34)33(36-29)24-15-21(5)14-22(6)16-24;1-5-10(6-2)12(14)9-13(15)11(7-3)8-4;/h8-15,17-20H,1-7H3;9-11,14H,5-8H2,1-4H3;/q-1;;/b;12-9-;. The first-order valence-corrected chi connectivity index (χ1v) is 19.4. The molecule has 0 fully saturated rings. The first-order chi connectivity index (χ1) is 24.8. The summed E-state index contributed by atoms with van der Waals surface area (Å²) in [5.41, 5.74) is 14.6. The molecule has 0 unspecified atom stereocenters. The predicted octanol–water partition coefficient (Wildman–Crippen LogP) is 9.76. The number of hydrogen-bond donors (Lipinski definition) is 1. The molecule has 7 heteroatoms. The Bertz CT molecular complexity index is 2040. The molecule has 5 aromatic rings. The van der Waals surface area contributed by atoms with Crippen LogP contribution in [0.15, 0.2) is 72.6 Å². The van der Waals surface area contributed by atoms with Crippen molar-refractivity contribution >= 4 is 39.9 Å². The normalized spacial score (nSPS) is 12.4. The Kier molecular flexibility index (Phi) is 14.3. The molecule has 0 spiro atoms. The topological polar surface area (TPSA) is 68.0 Å². The van der Waals surface area contributed by atoms with E-state index in [9.17, 15) is 9.90 Å². The molecule has 0 saturated heterocycles. The Balaban J connectivity index is 0.000000335. The summed E-state index contributed by atoms with van der Waals surface area (Å²) in [6.07, 6.45) is 7.01. The predicted molar refractivity (Wildman–Crippen MR) is 220 cm³/mol. The summed E-state index contributed by atoms with van der Waals surface area (Å²) < 4.78 is 2.36. The van der Waals surface area contributed by atoms with E-state index in [1.54, 1.807) is 0 Å². The molecule has 6 rings (SSSR count). The van der Waals surface area contributed by atoms with Crippen LogP contribution in [0.5, 0.6) is 0 Å². The molecule has 0 aliphatic carbocycles. The Labute approximate surface area is 332 Å². The van der Waals surface area contributed by atoms with E-state index >= 15 is 0 Å². The number of benzene rings is 3. The summed E-state index contributed by atoms with van der Waals surface area (Å²) >= 11 is 0. The van der Waals surface area contributed by atoms with E-state index in [1.165, 1.54) is 50.4 Å². The zero-order valence-corrected chi connectivity index (χ0v) is 36.0. The SMILES string of the molecule is CCC(CC)C(=O)/C=C(\O)C(CC)CC.Cc1[c-]c(-c2nc3cccc4c3n2-c2cc(C)ncc2B4c2c(C(C)C)cccc2C(C)C)cc(C)c1.[Ir]. The van der Waals surface area contributed by atoms with E-state index in [1.807, 2.05) is 27.7 Å². The summed E-state index contributed by atoms with van der Waals surface area (Å²) in [7, 11) is 0. The van der Waals surface area contributed by atoms with Gasteiger partial charge in [-0.05, 0) is 78.6 Å². The number of carbonyl (C=O) groups excluding carboxylic acids is 1. The molecule has 3 aromatic carbocycles. The molecule has 53 heavy (non-hydrogen) atoms. The number of carbonyl (C=O) groups is 1. The van der Waals surface area contributed by atoms with E-state index in [2.05, 4.69) is 120 Å². The van der Waals surface area contributed by atoms with Crippen LogP contribution in [0.1, 0.15) is 121 Å². The summed E-state index contributed by atoms with van der Waals surface area (Å²) in [6.45, 7) is 23.7.